The Morgan fingerprint density at radius 1 is 1.56 bits per heavy atom. The minimum atomic E-state index is -0.481. The van der Waals surface area contributed by atoms with E-state index in [-0.39, 0.29) is 17.2 Å². The lowest BCUT2D eigenvalue weighted by Gasteiger charge is -2.03. The average Bonchev–Trinajstić information content (AvgIpc) is 2.18. The highest BCUT2D eigenvalue weighted by Gasteiger charge is 2.16. The molecule has 0 aliphatic carbocycles. The molecule has 1 aromatic rings. The van der Waals surface area contributed by atoms with Crippen molar-refractivity contribution in [3.8, 4) is 0 Å². The van der Waals surface area contributed by atoms with E-state index in [9.17, 15) is 14.5 Å². The van der Waals surface area contributed by atoms with Gasteiger partial charge >= 0.3 is 0 Å². The predicted octanol–water partition coefficient (Wildman–Crippen LogP) is 3.86. The maximum atomic E-state index is 13.4. The Kier molecular flexibility index (Phi) is 4.18. The molecule has 3 nitrogen and oxygen atoms in total. The highest BCUT2D eigenvalue weighted by molar-refractivity contribution is 9.10. The van der Waals surface area contributed by atoms with Gasteiger partial charge in [0.1, 0.15) is 5.82 Å². The molecule has 0 fully saturated rings. The van der Waals surface area contributed by atoms with Gasteiger partial charge in [-0.25, -0.2) is 4.39 Å². The molecule has 0 unspecified atom stereocenters. The third-order valence-corrected chi connectivity index (χ3v) is 2.56. The van der Waals surface area contributed by atoms with Gasteiger partial charge in [0.15, 0.2) is 0 Å². The van der Waals surface area contributed by atoms with Crippen LogP contribution in [0.15, 0.2) is 28.4 Å². The van der Waals surface area contributed by atoms with Crippen molar-refractivity contribution in [3.05, 3.63) is 49.9 Å². The second kappa shape index (κ2) is 5.21. The highest BCUT2D eigenvalue weighted by atomic mass is 79.9. The zero-order valence-corrected chi connectivity index (χ0v) is 10.5. The van der Waals surface area contributed by atoms with E-state index in [1.165, 1.54) is 18.2 Å². The number of allylic oxidation sites excluding steroid dienone is 1. The Morgan fingerprint density at radius 2 is 2.19 bits per heavy atom. The highest BCUT2D eigenvalue weighted by Crippen LogP contribution is 2.21. The Morgan fingerprint density at radius 3 is 2.69 bits per heavy atom. The van der Waals surface area contributed by atoms with E-state index in [1.54, 1.807) is 19.9 Å². The van der Waals surface area contributed by atoms with Gasteiger partial charge in [-0.3, -0.25) is 10.1 Å². The maximum Gasteiger partial charge on any atom is 0.249 e. The number of nitro groups is 1. The Bertz CT molecular complexity index is 444. The summed E-state index contributed by atoms with van der Waals surface area (Å²) in [6, 6.07) is 4.34. The quantitative estimate of drug-likeness (QED) is 0.626. The molecule has 0 saturated heterocycles. The number of nitrogens with zero attached hydrogens (tertiary/aromatic N) is 1. The van der Waals surface area contributed by atoms with Crippen molar-refractivity contribution in [3.63, 3.8) is 0 Å². The second-order valence-electron chi connectivity index (χ2n) is 3.65. The van der Waals surface area contributed by atoms with Gasteiger partial charge in [-0.05, 0) is 18.2 Å². The molecule has 0 spiro atoms. The molecule has 1 rings (SSSR count). The van der Waals surface area contributed by atoms with Crippen LogP contribution in [0.2, 0.25) is 0 Å². The van der Waals surface area contributed by atoms with Crippen molar-refractivity contribution in [1.29, 1.82) is 0 Å². The van der Waals surface area contributed by atoms with Crippen molar-refractivity contribution >= 4 is 22.0 Å². The number of hydrogen-bond donors (Lipinski definition) is 0. The lowest BCUT2D eigenvalue weighted by Crippen LogP contribution is -2.05. The molecule has 0 heterocycles. The summed E-state index contributed by atoms with van der Waals surface area (Å²) >= 11 is 3.19. The molecule has 0 aliphatic heterocycles. The van der Waals surface area contributed by atoms with Crippen LogP contribution < -0.4 is 0 Å². The number of rotatable bonds is 3. The fourth-order valence-corrected chi connectivity index (χ4v) is 1.59. The largest absolute Gasteiger partial charge is 0.259 e. The van der Waals surface area contributed by atoms with E-state index in [0.29, 0.717) is 4.47 Å². The first-order valence-corrected chi connectivity index (χ1v) is 5.52. The molecule has 0 amide bonds. The molecule has 0 bridgehead atoms. The molecular formula is C11H11BrFNO2. The molecular weight excluding hydrogens is 277 g/mol. The van der Waals surface area contributed by atoms with Crippen LogP contribution in [-0.2, 0) is 0 Å². The molecule has 0 saturated carbocycles. The zero-order valence-electron chi connectivity index (χ0n) is 8.91. The van der Waals surface area contributed by atoms with Crippen molar-refractivity contribution in [2.24, 2.45) is 5.92 Å². The Labute approximate surface area is 101 Å². The summed E-state index contributed by atoms with van der Waals surface area (Å²) in [7, 11) is 0. The Hall–Kier alpha value is -1.23. The SMILES string of the molecule is CC(C)/C(=C/c1cc(Br)ccc1F)[N+](=O)[O-]. The summed E-state index contributed by atoms with van der Waals surface area (Å²) in [6.07, 6.45) is 1.27. The third-order valence-electron chi connectivity index (χ3n) is 2.06. The van der Waals surface area contributed by atoms with Crippen LogP contribution in [0.25, 0.3) is 6.08 Å². The summed E-state index contributed by atoms with van der Waals surface area (Å²) < 4.78 is 14.1. The van der Waals surface area contributed by atoms with Crippen LogP contribution in [0.4, 0.5) is 4.39 Å². The van der Waals surface area contributed by atoms with Gasteiger partial charge in [0, 0.05) is 22.0 Å². The van der Waals surface area contributed by atoms with Gasteiger partial charge in [0.05, 0.1) is 4.92 Å². The van der Waals surface area contributed by atoms with E-state index < -0.39 is 10.7 Å². The lowest BCUT2D eigenvalue weighted by molar-refractivity contribution is -0.431. The maximum absolute atomic E-state index is 13.4. The molecule has 0 aliphatic rings. The normalized spacial score (nSPS) is 11.9. The van der Waals surface area contributed by atoms with E-state index in [0.717, 1.165) is 0 Å². The van der Waals surface area contributed by atoms with Crippen molar-refractivity contribution in [2.75, 3.05) is 0 Å². The van der Waals surface area contributed by atoms with E-state index in [2.05, 4.69) is 15.9 Å². The summed E-state index contributed by atoms with van der Waals surface area (Å²) in [5.74, 6) is -0.725. The van der Waals surface area contributed by atoms with Gasteiger partial charge in [0.25, 0.3) is 0 Å². The Balaban J connectivity index is 3.22. The minimum Gasteiger partial charge on any atom is -0.259 e. The monoisotopic (exact) mass is 287 g/mol. The summed E-state index contributed by atoms with van der Waals surface area (Å²) in [6.45, 7) is 3.40. The van der Waals surface area contributed by atoms with Crippen LogP contribution in [0, 0.1) is 21.8 Å². The van der Waals surface area contributed by atoms with Crippen LogP contribution in [0.3, 0.4) is 0 Å². The van der Waals surface area contributed by atoms with Crippen LogP contribution in [-0.4, -0.2) is 4.92 Å². The number of benzene rings is 1. The summed E-state index contributed by atoms with van der Waals surface area (Å²) in [5.41, 5.74) is 0.215. The number of hydrogen-bond acceptors (Lipinski definition) is 2. The fourth-order valence-electron chi connectivity index (χ4n) is 1.21. The standard InChI is InChI=1S/C11H11BrFNO2/c1-7(2)11(14(15)16)6-8-5-9(12)3-4-10(8)13/h3-7H,1-2H3/b11-6-. The zero-order chi connectivity index (χ0) is 12.3. The first-order valence-electron chi connectivity index (χ1n) is 4.73. The minimum absolute atomic E-state index is 0.00278. The van der Waals surface area contributed by atoms with Crippen molar-refractivity contribution < 1.29 is 9.31 Å². The fraction of sp³-hybridized carbons (Fsp3) is 0.273. The molecule has 1 aromatic carbocycles. The van der Waals surface area contributed by atoms with Crippen molar-refractivity contribution in [1.82, 2.24) is 0 Å². The van der Waals surface area contributed by atoms with Crippen LogP contribution >= 0.6 is 15.9 Å². The summed E-state index contributed by atoms with van der Waals surface area (Å²) in [4.78, 5) is 10.3. The van der Waals surface area contributed by atoms with Gasteiger partial charge in [-0.2, -0.15) is 0 Å². The molecule has 0 aromatic heterocycles. The van der Waals surface area contributed by atoms with E-state index in [1.807, 2.05) is 0 Å². The van der Waals surface area contributed by atoms with Crippen LogP contribution in [0.5, 0.6) is 0 Å². The summed E-state index contributed by atoms with van der Waals surface area (Å²) in [5, 5.41) is 10.7. The third kappa shape index (κ3) is 3.13. The predicted molar refractivity (Wildman–Crippen MR) is 63.9 cm³/mol. The van der Waals surface area contributed by atoms with E-state index >= 15 is 0 Å². The first kappa shape index (κ1) is 12.8. The van der Waals surface area contributed by atoms with E-state index in [4.69, 9.17) is 0 Å². The van der Waals surface area contributed by atoms with Gasteiger partial charge in [-0.1, -0.05) is 29.8 Å². The molecule has 16 heavy (non-hydrogen) atoms. The van der Waals surface area contributed by atoms with Gasteiger partial charge in [0.2, 0.25) is 5.70 Å². The first-order chi connectivity index (χ1) is 7.41. The van der Waals surface area contributed by atoms with Crippen LogP contribution in [0.1, 0.15) is 19.4 Å². The van der Waals surface area contributed by atoms with Gasteiger partial charge < -0.3 is 0 Å². The number of halogens is 2. The lowest BCUT2D eigenvalue weighted by atomic mass is 10.1. The second-order valence-corrected chi connectivity index (χ2v) is 4.56. The molecule has 0 N–H and O–H groups in total. The van der Waals surface area contributed by atoms with Crippen molar-refractivity contribution in [2.45, 2.75) is 13.8 Å². The van der Waals surface area contributed by atoms with Gasteiger partial charge in [-0.15, -0.1) is 0 Å². The molecule has 5 heteroatoms. The molecule has 86 valence electrons. The topological polar surface area (TPSA) is 43.1 Å². The smallest absolute Gasteiger partial charge is 0.249 e. The average molecular weight is 288 g/mol. The molecule has 0 atom stereocenters. The molecule has 0 radical (unpaired) electrons.